The van der Waals surface area contributed by atoms with E-state index in [4.69, 9.17) is 14.2 Å². The molecule has 0 fully saturated rings. The number of hydrogen-bond acceptors (Lipinski definition) is 5. The van der Waals surface area contributed by atoms with Crippen LogP contribution < -0.4 is 10.1 Å². The van der Waals surface area contributed by atoms with E-state index in [9.17, 15) is 9.59 Å². The average molecular weight is 337 g/mol. The third-order valence-corrected chi connectivity index (χ3v) is 3.76. The summed E-state index contributed by atoms with van der Waals surface area (Å²) in [6.45, 7) is 6.20. The van der Waals surface area contributed by atoms with Crippen molar-refractivity contribution in [1.29, 1.82) is 0 Å². The van der Waals surface area contributed by atoms with Crippen LogP contribution >= 0.6 is 0 Å². The third kappa shape index (κ3) is 4.96. The van der Waals surface area contributed by atoms with E-state index in [2.05, 4.69) is 5.32 Å². The van der Waals surface area contributed by atoms with Crippen LogP contribution in [0.4, 0.5) is 5.69 Å². The van der Waals surface area contributed by atoms with Gasteiger partial charge in [0.2, 0.25) is 0 Å². The predicted molar refractivity (Wildman–Crippen MR) is 92.5 cm³/mol. The van der Waals surface area contributed by atoms with Gasteiger partial charge in [0.25, 0.3) is 5.91 Å². The Kier molecular flexibility index (Phi) is 7.71. The smallest absolute Gasteiger partial charge is 0.341 e. The second-order valence-electron chi connectivity index (χ2n) is 5.69. The van der Waals surface area contributed by atoms with Crippen LogP contribution in [0, 0.1) is 0 Å². The number of carbonyl (C=O) groups is 2. The van der Waals surface area contributed by atoms with Crippen LogP contribution in [-0.2, 0) is 14.3 Å². The molecule has 0 radical (unpaired) electrons. The molecular formula is C18H27NO5. The van der Waals surface area contributed by atoms with Crippen molar-refractivity contribution in [3.05, 3.63) is 23.8 Å². The summed E-state index contributed by atoms with van der Waals surface area (Å²) in [6, 6.07) is 4.90. The van der Waals surface area contributed by atoms with Crippen LogP contribution in [0.2, 0.25) is 0 Å². The van der Waals surface area contributed by atoms with Gasteiger partial charge in [0, 0.05) is 12.8 Å². The number of anilines is 1. The molecule has 6 heteroatoms. The lowest BCUT2D eigenvalue weighted by atomic mass is 9.99. The quantitative estimate of drug-likeness (QED) is 0.699. The molecule has 0 aromatic heterocycles. The van der Waals surface area contributed by atoms with Gasteiger partial charge < -0.3 is 19.5 Å². The summed E-state index contributed by atoms with van der Waals surface area (Å²) < 4.78 is 15.7. The first-order valence-electron chi connectivity index (χ1n) is 8.13. The van der Waals surface area contributed by atoms with Crippen LogP contribution in [0.1, 0.15) is 50.4 Å². The molecule has 6 nitrogen and oxygen atoms in total. The SMILES string of the molecule is CCCOc1ccc(NC(=O)C(C)(CCC)OC)cc1C(=O)OC. The minimum Gasteiger partial charge on any atom is -0.493 e. The summed E-state index contributed by atoms with van der Waals surface area (Å²) in [6.07, 6.45) is 2.23. The maximum absolute atomic E-state index is 12.5. The highest BCUT2D eigenvalue weighted by atomic mass is 16.5. The van der Waals surface area contributed by atoms with E-state index in [1.807, 2.05) is 13.8 Å². The van der Waals surface area contributed by atoms with E-state index < -0.39 is 11.6 Å². The van der Waals surface area contributed by atoms with Crippen molar-refractivity contribution in [3.8, 4) is 5.75 Å². The number of carbonyl (C=O) groups excluding carboxylic acids is 2. The molecule has 1 aromatic rings. The molecular weight excluding hydrogens is 310 g/mol. The fourth-order valence-corrected chi connectivity index (χ4v) is 2.26. The summed E-state index contributed by atoms with van der Waals surface area (Å²) >= 11 is 0. The Labute approximate surface area is 143 Å². The molecule has 0 saturated carbocycles. The topological polar surface area (TPSA) is 73.9 Å². The molecule has 1 N–H and O–H groups in total. The molecule has 1 atom stereocenters. The lowest BCUT2D eigenvalue weighted by Crippen LogP contribution is -2.41. The molecule has 24 heavy (non-hydrogen) atoms. The largest absolute Gasteiger partial charge is 0.493 e. The molecule has 0 aliphatic heterocycles. The zero-order valence-corrected chi connectivity index (χ0v) is 15.1. The molecule has 1 amide bonds. The minimum absolute atomic E-state index is 0.259. The van der Waals surface area contributed by atoms with Gasteiger partial charge in [0.05, 0.1) is 13.7 Å². The first-order chi connectivity index (χ1) is 11.4. The van der Waals surface area contributed by atoms with Crippen LogP contribution in [0.5, 0.6) is 5.75 Å². The summed E-state index contributed by atoms with van der Waals surface area (Å²) in [5.41, 5.74) is -0.153. The van der Waals surface area contributed by atoms with Gasteiger partial charge in [0.15, 0.2) is 0 Å². The third-order valence-electron chi connectivity index (χ3n) is 3.76. The van der Waals surface area contributed by atoms with Crippen LogP contribution in [0.25, 0.3) is 0 Å². The van der Waals surface area contributed by atoms with Gasteiger partial charge in [0.1, 0.15) is 16.9 Å². The number of amides is 1. The number of esters is 1. The lowest BCUT2D eigenvalue weighted by molar-refractivity contribution is -0.136. The highest BCUT2D eigenvalue weighted by Crippen LogP contribution is 2.26. The maximum atomic E-state index is 12.5. The van der Waals surface area contributed by atoms with E-state index in [-0.39, 0.29) is 11.5 Å². The molecule has 0 aliphatic rings. The van der Waals surface area contributed by atoms with Crippen molar-refractivity contribution < 1.29 is 23.8 Å². The van der Waals surface area contributed by atoms with Crippen molar-refractivity contribution in [2.45, 2.75) is 45.6 Å². The molecule has 0 saturated heterocycles. The van der Waals surface area contributed by atoms with Crippen molar-refractivity contribution >= 4 is 17.6 Å². The van der Waals surface area contributed by atoms with Crippen LogP contribution in [0.3, 0.4) is 0 Å². The number of rotatable bonds is 9. The Morgan fingerprint density at radius 1 is 1.17 bits per heavy atom. The number of methoxy groups -OCH3 is 2. The van der Waals surface area contributed by atoms with Gasteiger partial charge in [-0.25, -0.2) is 4.79 Å². The molecule has 0 spiro atoms. The number of benzene rings is 1. The van der Waals surface area contributed by atoms with E-state index >= 15 is 0 Å². The number of ether oxygens (including phenoxy) is 3. The summed E-state index contributed by atoms with van der Waals surface area (Å²) in [4.78, 5) is 24.4. The number of nitrogens with one attached hydrogen (secondary N) is 1. The van der Waals surface area contributed by atoms with Gasteiger partial charge in [-0.2, -0.15) is 0 Å². The average Bonchev–Trinajstić information content (AvgIpc) is 2.59. The van der Waals surface area contributed by atoms with Crippen molar-refractivity contribution in [3.63, 3.8) is 0 Å². The fraction of sp³-hybridized carbons (Fsp3) is 0.556. The van der Waals surface area contributed by atoms with Gasteiger partial charge in [-0.05, 0) is 38.0 Å². The summed E-state index contributed by atoms with van der Waals surface area (Å²) in [5.74, 6) is -0.338. The second kappa shape index (κ2) is 9.27. The number of hydrogen-bond donors (Lipinski definition) is 1. The highest BCUT2D eigenvalue weighted by Gasteiger charge is 2.32. The Morgan fingerprint density at radius 2 is 1.88 bits per heavy atom. The van der Waals surface area contributed by atoms with Crippen molar-refractivity contribution in [2.75, 3.05) is 26.1 Å². The van der Waals surface area contributed by atoms with Gasteiger partial charge in [-0.3, -0.25) is 4.79 Å². The van der Waals surface area contributed by atoms with Crippen molar-refractivity contribution in [1.82, 2.24) is 0 Å². The lowest BCUT2D eigenvalue weighted by Gasteiger charge is -2.26. The molecule has 0 bridgehead atoms. The molecule has 1 rings (SSSR count). The fourth-order valence-electron chi connectivity index (χ4n) is 2.26. The van der Waals surface area contributed by atoms with E-state index in [0.717, 1.165) is 12.8 Å². The zero-order valence-electron chi connectivity index (χ0n) is 15.1. The highest BCUT2D eigenvalue weighted by molar-refractivity contribution is 5.99. The molecule has 1 aromatic carbocycles. The Bertz CT molecular complexity index is 573. The Hall–Kier alpha value is -2.08. The molecule has 134 valence electrons. The molecule has 1 unspecified atom stereocenters. The minimum atomic E-state index is -0.919. The summed E-state index contributed by atoms with van der Waals surface area (Å²) in [5, 5.41) is 2.79. The van der Waals surface area contributed by atoms with Crippen LogP contribution in [0.15, 0.2) is 18.2 Å². The first-order valence-corrected chi connectivity index (χ1v) is 8.13. The molecule has 0 aliphatic carbocycles. The maximum Gasteiger partial charge on any atom is 0.341 e. The normalized spacial score (nSPS) is 13.0. The zero-order chi connectivity index (χ0) is 18.2. The predicted octanol–water partition coefficient (Wildman–Crippen LogP) is 3.41. The van der Waals surface area contributed by atoms with Crippen molar-refractivity contribution in [2.24, 2.45) is 0 Å². The first kappa shape index (κ1) is 20.0. The van der Waals surface area contributed by atoms with E-state index in [0.29, 0.717) is 24.5 Å². The van der Waals surface area contributed by atoms with Gasteiger partial charge >= 0.3 is 5.97 Å². The second-order valence-corrected chi connectivity index (χ2v) is 5.69. The Balaban J connectivity index is 3.04. The Morgan fingerprint density at radius 3 is 2.42 bits per heavy atom. The van der Waals surface area contributed by atoms with Crippen LogP contribution in [-0.4, -0.2) is 38.3 Å². The van der Waals surface area contributed by atoms with Gasteiger partial charge in [-0.15, -0.1) is 0 Å². The van der Waals surface area contributed by atoms with Gasteiger partial charge in [-0.1, -0.05) is 20.3 Å². The monoisotopic (exact) mass is 337 g/mol. The standard InChI is InChI=1S/C18H27NO5/c1-6-10-18(3,23-5)17(21)19-13-8-9-15(24-11-7-2)14(12-13)16(20)22-4/h8-9,12H,6-7,10-11H2,1-5H3,(H,19,21). The van der Waals surface area contributed by atoms with E-state index in [1.54, 1.807) is 25.1 Å². The summed E-state index contributed by atoms with van der Waals surface area (Å²) in [7, 11) is 2.82. The molecule has 0 heterocycles. The van der Waals surface area contributed by atoms with E-state index in [1.165, 1.54) is 14.2 Å².